The summed E-state index contributed by atoms with van der Waals surface area (Å²) in [6.45, 7) is 0. The minimum atomic E-state index is -5.45. The van der Waals surface area contributed by atoms with Crippen molar-refractivity contribution in [2.75, 3.05) is 0 Å². The van der Waals surface area contributed by atoms with E-state index in [9.17, 15) is 27.1 Å². The molecule has 0 aliphatic carbocycles. The maximum atomic E-state index is 10.8. The molecular weight excluding hydrogens is 186 g/mol. The molecule has 0 fully saturated rings. The summed E-state index contributed by atoms with van der Waals surface area (Å²) < 4.78 is 54.1. The van der Waals surface area contributed by atoms with Crippen molar-refractivity contribution in [3.8, 4) is 0 Å². The van der Waals surface area contributed by atoms with E-state index in [2.05, 4.69) is 0 Å². The van der Waals surface area contributed by atoms with Gasteiger partial charge in [0, 0.05) is 5.76 Å². The monoisotopic (exact) mass is 186 g/mol. The van der Waals surface area contributed by atoms with Crippen molar-refractivity contribution < 1.29 is 78.4 Å². The molecule has 0 bridgehead atoms. The first-order chi connectivity index (χ1) is 3.85. The standard InChI is InChI=1S/C3HF5O.K/c4-2(5)1(9)3(6,7)8;/h9H;/q;+1/p-1. The maximum absolute atomic E-state index is 10.8. The molecule has 1 nitrogen and oxygen atoms in total. The normalized spacial score (nSPS) is 10.1. The molecule has 0 spiro atoms. The predicted molar refractivity (Wildman–Crippen MR) is 15.3 cm³/mol. The summed E-state index contributed by atoms with van der Waals surface area (Å²) in [4.78, 5) is 0. The van der Waals surface area contributed by atoms with Crippen molar-refractivity contribution in [2.24, 2.45) is 0 Å². The molecule has 0 aliphatic rings. The second-order valence-corrected chi connectivity index (χ2v) is 1.09. The van der Waals surface area contributed by atoms with E-state index in [1.165, 1.54) is 0 Å². The summed E-state index contributed by atoms with van der Waals surface area (Å²) in [6, 6.07) is 0. The van der Waals surface area contributed by atoms with Crippen LogP contribution >= 0.6 is 0 Å². The second kappa shape index (κ2) is 4.65. The zero-order valence-corrected chi connectivity index (χ0v) is 7.92. The maximum Gasteiger partial charge on any atom is 1.00 e. The van der Waals surface area contributed by atoms with Gasteiger partial charge in [0.2, 0.25) is 0 Å². The molecule has 0 rings (SSSR count). The molecule has 7 heteroatoms. The van der Waals surface area contributed by atoms with Gasteiger partial charge in [-0.25, -0.2) is 0 Å². The summed E-state index contributed by atoms with van der Waals surface area (Å²) in [5.41, 5.74) is 0. The van der Waals surface area contributed by atoms with Crippen LogP contribution in [-0.4, -0.2) is 6.18 Å². The number of halogens is 5. The Morgan fingerprint density at radius 1 is 1.10 bits per heavy atom. The molecule has 10 heavy (non-hydrogen) atoms. The van der Waals surface area contributed by atoms with Crippen LogP contribution in [0, 0.1) is 0 Å². The number of alkyl halides is 3. The fraction of sp³-hybridized carbons (Fsp3) is 0.333. The van der Waals surface area contributed by atoms with Crippen LogP contribution < -0.4 is 56.5 Å². The van der Waals surface area contributed by atoms with Crippen molar-refractivity contribution >= 4 is 0 Å². The SMILES string of the molecule is [K+].[O-]C(=C(F)F)C(F)(F)F. The van der Waals surface area contributed by atoms with Crippen molar-refractivity contribution in [3.63, 3.8) is 0 Å². The Balaban J connectivity index is 0. The minimum Gasteiger partial charge on any atom is -0.866 e. The Hall–Kier alpha value is 0.826. The molecule has 0 aromatic heterocycles. The van der Waals surface area contributed by atoms with E-state index in [0.29, 0.717) is 0 Å². The van der Waals surface area contributed by atoms with Gasteiger partial charge in [-0.3, -0.25) is 0 Å². The third kappa shape index (κ3) is 4.61. The molecule has 0 N–H and O–H groups in total. The smallest absolute Gasteiger partial charge is 0.866 e. The summed E-state index contributed by atoms with van der Waals surface area (Å²) in [6.07, 6.45) is -8.68. The predicted octanol–water partition coefficient (Wildman–Crippen LogP) is -1.98. The van der Waals surface area contributed by atoms with Crippen LogP contribution in [-0.2, 0) is 0 Å². The third-order valence-electron chi connectivity index (χ3n) is 0.429. The number of allylic oxidation sites excluding steroid dienone is 1. The molecular formula is C3F5KO. The fourth-order valence-electron chi connectivity index (χ4n) is 0.107. The van der Waals surface area contributed by atoms with Crippen LogP contribution in [0.2, 0.25) is 0 Å². The van der Waals surface area contributed by atoms with E-state index in [-0.39, 0.29) is 51.4 Å². The van der Waals surface area contributed by atoms with Crippen molar-refractivity contribution in [1.29, 1.82) is 0 Å². The first-order valence-electron chi connectivity index (χ1n) is 1.65. The van der Waals surface area contributed by atoms with Gasteiger partial charge in [-0.05, 0) is 0 Å². The van der Waals surface area contributed by atoms with Crippen molar-refractivity contribution in [3.05, 3.63) is 11.8 Å². The van der Waals surface area contributed by atoms with E-state index in [0.717, 1.165) is 0 Å². The molecule has 0 saturated carbocycles. The van der Waals surface area contributed by atoms with E-state index in [1.807, 2.05) is 0 Å². The average molecular weight is 186 g/mol. The van der Waals surface area contributed by atoms with Gasteiger partial charge in [-0.2, -0.15) is 22.0 Å². The Morgan fingerprint density at radius 3 is 1.40 bits per heavy atom. The largest absolute Gasteiger partial charge is 1.00 e. The zero-order valence-electron chi connectivity index (χ0n) is 4.80. The average Bonchev–Trinajstić information content (AvgIpc) is 1.62. The quantitative estimate of drug-likeness (QED) is 0.244. The Morgan fingerprint density at radius 2 is 1.40 bits per heavy atom. The first-order valence-corrected chi connectivity index (χ1v) is 1.65. The van der Waals surface area contributed by atoms with Crippen LogP contribution in [0.1, 0.15) is 0 Å². The van der Waals surface area contributed by atoms with Gasteiger partial charge in [0.25, 0.3) is 6.08 Å². The van der Waals surface area contributed by atoms with Gasteiger partial charge < -0.3 is 5.11 Å². The topological polar surface area (TPSA) is 23.1 Å². The van der Waals surface area contributed by atoms with Crippen LogP contribution in [0.3, 0.4) is 0 Å². The minimum absolute atomic E-state index is 0. The molecule has 0 aromatic carbocycles. The van der Waals surface area contributed by atoms with Crippen LogP contribution in [0.15, 0.2) is 11.8 Å². The Kier molecular flexibility index (Phi) is 6.24. The van der Waals surface area contributed by atoms with E-state index < -0.39 is 18.0 Å². The van der Waals surface area contributed by atoms with E-state index >= 15 is 0 Å². The van der Waals surface area contributed by atoms with E-state index in [4.69, 9.17) is 0 Å². The van der Waals surface area contributed by atoms with Crippen LogP contribution in [0.4, 0.5) is 22.0 Å². The van der Waals surface area contributed by atoms with Crippen molar-refractivity contribution in [1.82, 2.24) is 0 Å². The summed E-state index contributed by atoms with van der Waals surface area (Å²) >= 11 is 0. The van der Waals surface area contributed by atoms with Crippen molar-refractivity contribution in [2.45, 2.75) is 6.18 Å². The van der Waals surface area contributed by atoms with Crippen LogP contribution in [0.5, 0.6) is 0 Å². The molecule has 0 aliphatic heterocycles. The zero-order chi connectivity index (χ0) is 7.65. The van der Waals surface area contributed by atoms with Gasteiger partial charge in [0.15, 0.2) is 0 Å². The van der Waals surface area contributed by atoms with Gasteiger partial charge in [-0.1, -0.05) is 0 Å². The molecule has 0 heterocycles. The van der Waals surface area contributed by atoms with E-state index in [1.54, 1.807) is 0 Å². The number of rotatable bonds is 0. The Labute approximate surface area is 95.3 Å². The van der Waals surface area contributed by atoms with Gasteiger partial charge in [-0.15, -0.1) is 0 Å². The summed E-state index contributed by atoms with van der Waals surface area (Å²) in [5, 5.41) is 9.25. The van der Waals surface area contributed by atoms with Gasteiger partial charge in [0.05, 0.1) is 0 Å². The number of hydrogen-bond donors (Lipinski definition) is 0. The van der Waals surface area contributed by atoms with Crippen LogP contribution in [0.25, 0.3) is 0 Å². The fourth-order valence-corrected chi connectivity index (χ4v) is 0.107. The molecule has 0 unspecified atom stereocenters. The second-order valence-electron chi connectivity index (χ2n) is 1.09. The van der Waals surface area contributed by atoms with Gasteiger partial charge in [0.1, 0.15) is 0 Å². The molecule has 0 atom stereocenters. The molecule has 0 saturated heterocycles. The molecule has 54 valence electrons. The number of hydrogen-bond acceptors (Lipinski definition) is 1. The summed E-state index contributed by atoms with van der Waals surface area (Å²) in [7, 11) is 0. The summed E-state index contributed by atoms with van der Waals surface area (Å²) in [5.74, 6) is -3.08. The molecule has 0 amide bonds. The Bertz CT molecular complexity index is 134. The first kappa shape index (κ1) is 13.4. The third-order valence-corrected chi connectivity index (χ3v) is 0.429. The molecule has 0 radical (unpaired) electrons. The molecule has 0 aromatic rings. The van der Waals surface area contributed by atoms with Gasteiger partial charge >= 0.3 is 57.6 Å².